The highest BCUT2D eigenvalue weighted by atomic mass is 32.1. The Morgan fingerprint density at radius 1 is 0.979 bits per heavy atom. The molecule has 4 N–H and O–H groups in total. The van der Waals surface area contributed by atoms with E-state index in [-0.39, 0.29) is 48.2 Å². The van der Waals surface area contributed by atoms with Crippen LogP contribution < -0.4 is 10.6 Å². The minimum atomic E-state index is -1.04. The number of hydrogen-bond donors (Lipinski definition) is 4. The van der Waals surface area contributed by atoms with Crippen LogP contribution in [0.1, 0.15) is 94.9 Å². The third kappa shape index (κ3) is 11.1. The van der Waals surface area contributed by atoms with Crippen molar-refractivity contribution >= 4 is 35.0 Å². The number of carbonyl (C=O) groups is 4. The molecule has 0 bridgehead atoms. The highest BCUT2D eigenvalue weighted by Crippen LogP contribution is 2.28. The predicted molar refractivity (Wildman–Crippen MR) is 185 cm³/mol. The topological polar surface area (TPSA) is 152 Å². The molecule has 1 aromatic carbocycles. The van der Waals surface area contributed by atoms with Crippen LogP contribution in [-0.4, -0.2) is 93.5 Å². The predicted octanol–water partition coefficient (Wildman–Crippen LogP) is 4.37. The largest absolute Gasteiger partial charge is 0.481 e. The van der Waals surface area contributed by atoms with Crippen molar-refractivity contribution in [2.75, 3.05) is 21.1 Å². The third-order valence-electron chi connectivity index (χ3n) is 9.28. The SMILES string of the molecule is CC[C@H](C)[C@H](NC(=O)C(C)(C)N(C)C)C(=O)N(C)[C@H](C[C@@H](O)c1nc(C(=O)N[C@@H](Cc2ccccc2)C[C@H](C)C(=O)O)cs1)C(C)C. The minimum Gasteiger partial charge on any atom is -0.481 e. The number of aliphatic hydroxyl groups excluding tert-OH is 1. The van der Waals surface area contributed by atoms with Gasteiger partial charge in [-0.15, -0.1) is 11.3 Å². The van der Waals surface area contributed by atoms with E-state index < -0.39 is 41.5 Å². The summed E-state index contributed by atoms with van der Waals surface area (Å²) in [5, 5.41) is 28.6. The van der Waals surface area contributed by atoms with E-state index in [2.05, 4.69) is 15.6 Å². The lowest BCUT2D eigenvalue weighted by Gasteiger charge is -2.38. The normalized spacial score (nSPS) is 15.8. The van der Waals surface area contributed by atoms with Crippen molar-refractivity contribution < 1.29 is 29.4 Å². The number of aromatic nitrogens is 1. The smallest absolute Gasteiger partial charge is 0.306 e. The molecule has 0 aliphatic carbocycles. The van der Waals surface area contributed by atoms with Crippen molar-refractivity contribution in [1.82, 2.24) is 25.4 Å². The van der Waals surface area contributed by atoms with E-state index in [1.807, 2.05) is 72.1 Å². The summed E-state index contributed by atoms with van der Waals surface area (Å²) < 4.78 is 0. The van der Waals surface area contributed by atoms with Gasteiger partial charge >= 0.3 is 5.97 Å². The molecule has 0 fully saturated rings. The van der Waals surface area contributed by atoms with Gasteiger partial charge in [0.2, 0.25) is 11.8 Å². The fourth-order valence-corrected chi connectivity index (χ4v) is 6.01. The van der Waals surface area contributed by atoms with E-state index in [4.69, 9.17) is 0 Å². The molecule has 262 valence electrons. The third-order valence-corrected chi connectivity index (χ3v) is 10.2. The summed E-state index contributed by atoms with van der Waals surface area (Å²) in [5.41, 5.74) is 0.293. The summed E-state index contributed by atoms with van der Waals surface area (Å²) >= 11 is 1.16. The molecule has 6 atom stereocenters. The molecule has 1 heterocycles. The number of nitrogens with one attached hydrogen (secondary N) is 2. The van der Waals surface area contributed by atoms with Gasteiger partial charge < -0.3 is 25.7 Å². The van der Waals surface area contributed by atoms with Gasteiger partial charge in [-0.25, -0.2) is 4.98 Å². The van der Waals surface area contributed by atoms with Crippen molar-refractivity contribution in [2.45, 2.75) is 104 Å². The fraction of sp³-hybridized carbons (Fsp3) is 0.629. The van der Waals surface area contributed by atoms with Crippen LogP contribution in [0.5, 0.6) is 0 Å². The number of carboxylic acid groups (broad SMARTS) is 1. The molecule has 3 amide bonds. The molecule has 0 spiro atoms. The number of thiazole rings is 1. The Bertz CT molecular complexity index is 1330. The van der Waals surface area contributed by atoms with Crippen LogP contribution in [0.2, 0.25) is 0 Å². The summed E-state index contributed by atoms with van der Waals surface area (Å²) in [4.78, 5) is 59.7. The second-order valence-corrected chi connectivity index (χ2v) is 14.6. The lowest BCUT2D eigenvalue weighted by atomic mass is 9.92. The molecular formula is C35H55N5O6S. The second kappa shape index (κ2) is 17.7. The van der Waals surface area contributed by atoms with Gasteiger partial charge in [-0.05, 0) is 58.2 Å². The van der Waals surface area contributed by atoms with E-state index in [9.17, 15) is 29.4 Å². The van der Waals surface area contributed by atoms with E-state index in [1.54, 1.807) is 43.0 Å². The summed E-state index contributed by atoms with van der Waals surface area (Å²) in [5.74, 6) is -2.65. The zero-order valence-electron chi connectivity index (χ0n) is 29.6. The first-order valence-electron chi connectivity index (χ1n) is 16.4. The first kappa shape index (κ1) is 39.8. The quantitative estimate of drug-likeness (QED) is 0.182. The van der Waals surface area contributed by atoms with Crippen molar-refractivity contribution in [3.05, 3.63) is 52.0 Å². The van der Waals surface area contributed by atoms with Gasteiger partial charge in [0.25, 0.3) is 5.91 Å². The number of likely N-dealkylation sites (N-methyl/N-ethyl adjacent to an activating group) is 2. The van der Waals surface area contributed by atoms with Crippen LogP contribution in [0.25, 0.3) is 0 Å². The number of nitrogens with zero attached hydrogens (tertiary/aromatic N) is 3. The number of carbonyl (C=O) groups excluding carboxylic acids is 3. The Morgan fingerprint density at radius 3 is 2.13 bits per heavy atom. The first-order chi connectivity index (χ1) is 21.9. The van der Waals surface area contributed by atoms with E-state index >= 15 is 0 Å². The monoisotopic (exact) mass is 673 g/mol. The number of carboxylic acids is 1. The lowest BCUT2D eigenvalue weighted by molar-refractivity contribution is -0.142. The van der Waals surface area contributed by atoms with E-state index in [0.717, 1.165) is 16.9 Å². The number of benzene rings is 1. The summed E-state index contributed by atoms with van der Waals surface area (Å²) in [6, 6.07) is 7.99. The molecule has 12 heteroatoms. The molecule has 1 aromatic heterocycles. The van der Waals surface area contributed by atoms with Crippen molar-refractivity contribution in [1.29, 1.82) is 0 Å². The average Bonchev–Trinajstić information content (AvgIpc) is 3.52. The Hall–Kier alpha value is -3.35. The highest BCUT2D eigenvalue weighted by molar-refractivity contribution is 7.09. The van der Waals surface area contributed by atoms with Gasteiger partial charge in [-0.3, -0.25) is 24.1 Å². The maximum atomic E-state index is 13.9. The standard InChI is InChI=1S/C35H55N5O6S/c1-11-22(4)29(38-34(46)35(6,7)39(8)9)32(43)40(10)27(21(2)3)19-28(41)31-37-26(20-47-31)30(42)36-25(17-23(5)33(44)45)18-24-15-13-12-14-16-24/h12-16,20-23,25,27-29,41H,11,17-19H2,1-10H3,(H,36,42)(H,38,46)(H,44,45)/t22-,23-,25+,27+,28+,29-/m0/s1. The summed E-state index contributed by atoms with van der Waals surface area (Å²) in [6.07, 6.45) is 0.543. The molecule has 0 saturated heterocycles. The number of rotatable bonds is 18. The molecule has 2 aromatic rings. The Balaban J connectivity index is 2.20. The lowest BCUT2D eigenvalue weighted by Crippen LogP contribution is -2.60. The molecule has 0 unspecified atom stereocenters. The zero-order valence-corrected chi connectivity index (χ0v) is 30.4. The summed E-state index contributed by atoms with van der Waals surface area (Å²) in [7, 11) is 5.33. The maximum Gasteiger partial charge on any atom is 0.306 e. The average molecular weight is 674 g/mol. The molecule has 11 nitrogen and oxygen atoms in total. The van der Waals surface area contributed by atoms with Crippen LogP contribution in [0, 0.1) is 17.8 Å². The number of hydrogen-bond acceptors (Lipinski definition) is 8. The fourth-order valence-electron chi connectivity index (χ4n) is 5.22. The van der Waals surface area contributed by atoms with Crippen molar-refractivity contribution in [2.24, 2.45) is 17.8 Å². The van der Waals surface area contributed by atoms with Crippen LogP contribution in [0.15, 0.2) is 35.7 Å². The maximum absolute atomic E-state index is 13.9. The van der Waals surface area contributed by atoms with E-state index in [1.165, 1.54) is 0 Å². The van der Waals surface area contributed by atoms with Crippen molar-refractivity contribution in [3.8, 4) is 0 Å². The highest BCUT2D eigenvalue weighted by Gasteiger charge is 2.38. The van der Waals surface area contributed by atoms with Crippen molar-refractivity contribution in [3.63, 3.8) is 0 Å². The van der Waals surface area contributed by atoms with Gasteiger partial charge in [-0.2, -0.15) is 0 Å². The molecular weight excluding hydrogens is 618 g/mol. The van der Waals surface area contributed by atoms with Gasteiger partial charge in [0.1, 0.15) is 22.8 Å². The van der Waals surface area contributed by atoms with Gasteiger partial charge in [0.05, 0.1) is 11.5 Å². The molecule has 47 heavy (non-hydrogen) atoms. The minimum absolute atomic E-state index is 0.0252. The van der Waals surface area contributed by atoms with Crippen LogP contribution in [0.4, 0.5) is 0 Å². The van der Waals surface area contributed by atoms with Crippen LogP contribution in [-0.2, 0) is 20.8 Å². The Kier molecular flexibility index (Phi) is 15.0. The van der Waals surface area contributed by atoms with Gasteiger partial charge in [0.15, 0.2) is 0 Å². The number of aliphatic carboxylic acids is 1. The summed E-state index contributed by atoms with van der Waals surface area (Å²) in [6.45, 7) is 13.1. The molecule has 0 radical (unpaired) electrons. The first-order valence-corrected chi connectivity index (χ1v) is 17.2. The van der Waals surface area contributed by atoms with E-state index in [0.29, 0.717) is 17.8 Å². The molecule has 2 rings (SSSR count). The Labute approximate surface area is 284 Å². The van der Waals surface area contributed by atoms with Gasteiger partial charge in [-0.1, -0.05) is 71.4 Å². The number of aliphatic hydroxyl groups is 1. The number of amides is 3. The van der Waals surface area contributed by atoms with Gasteiger partial charge in [0, 0.05) is 30.9 Å². The molecule has 0 aliphatic rings. The second-order valence-electron chi connectivity index (χ2n) is 13.7. The molecule has 0 saturated carbocycles. The zero-order chi connectivity index (χ0) is 35.6. The Morgan fingerprint density at radius 2 is 1.60 bits per heavy atom. The molecule has 0 aliphatic heterocycles. The van der Waals surface area contributed by atoms with Crippen LogP contribution in [0.3, 0.4) is 0 Å². The van der Waals surface area contributed by atoms with Crippen LogP contribution >= 0.6 is 11.3 Å².